The van der Waals surface area contributed by atoms with Gasteiger partial charge in [-0.3, -0.25) is 9.59 Å². The van der Waals surface area contributed by atoms with Crippen molar-refractivity contribution in [2.45, 2.75) is 25.9 Å². The van der Waals surface area contributed by atoms with Crippen LogP contribution in [0.1, 0.15) is 45.5 Å². The number of benzene rings is 1. The molecule has 2 amide bonds. The second-order valence-electron chi connectivity index (χ2n) is 8.24. The molecule has 0 saturated heterocycles. The second kappa shape index (κ2) is 10.2. The smallest absolute Gasteiger partial charge is 0.261 e. The van der Waals surface area contributed by atoms with E-state index < -0.39 is 6.04 Å². The molecule has 11 heteroatoms. The molecule has 0 radical (unpaired) electrons. The highest BCUT2D eigenvalue weighted by Gasteiger charge is 2.20. The third-order valence-electron chi connectivity index (χ3n) is 5.18. The lowest BCUT2D eigenvalue weighted by molar-refractivity contribution is 0.0899. The van der Waals surface area contributed by atoms with Gasteiger partial charge in [-0.15, -0.1) is 16.4 Å². The number of rotatable bonds is 8. The molecule has 4 aromatic rings. The van der Waals surface area contributed by atoms with Crippen molar-refractivity contribution in [1.29, 1.82) is 0 Å². The summed E-state index contributed by atoms with van der Waals surface area (Å²) in [5, 5.41) is 11.8. The Kier molecular flexibility index (Phi) is 7.08. The molecule has 0 saturated carbocycles. The van der Waals surface area contributed by atoms with Gasteiger partial charge in [0, 0.05) is 24.9 Å². The fourth-order valence-electron chi connectivity index (χ4n) is 3.59. The van der Waals surface area contributed by atoms with E-state index in [-0.39, 0.29) is 36.2 Å². The van der Waals surface area contributed by atoms with Crippen LogP contribution in [-0.4, -0.2) is 46.2 Å². The first-order valence-corrected chi connectivity index (χ1v) is 11.7. The van der Waals surface area contributed by atoms with Gasteiger partial charge >= 0.3 is 0 Å². The number of fused-ring (bicyclic) bond motifs is 1. The Balaban J connectivity index is 1.62. The summed E-state index contributed by atoms with van der Waals surface area (Å²) in [7, 11) is 1.53. The number of anilines is 1. The van der Waals surface area contributed by atoms with Crippen LogP contribution in [0, 0.1) is 5.82 Å². The van der Waals surface area contributed by atoms with E-state index in [1.54, 1.807) is 30.5 Å². The Bertz CT molecular complexity index is 1370. The van der Waals surface area contributed by atoms with Crippen LogP contribution in [0.2, 0.25) is 0 Å². The highest BCUT2D eigenvalue weighted by Crippen LogP contribution is 2.28. The van der Waals surface area contributed by atoms with Crippen LogP contribution < -0.4 is 16.4 Å². The number of hydrogen-bond acceptors (Lipinski definition) is 7. The van der Waals surface area contributed by atoms with Crippen LogP contribution in [-0.2, 0) is 4.74 Å². The fraction of sp³-hybridized carbons (Fsp3) is 0.250. The number of nitrogens with one attached hydrogen (secondary N) is 2. The summed E-state index contributed by atoms with van der Waals surface area (Å²) in [4.78, 5) is 30.4. The Hall–Kier alpha value is -3.83. The van der Waals surface area contributed by atoms with Crippen molar-refractivity contribution >= 4 is 34.7 Å². The molecule has 0 aliphatic rings. The van der Waals surface area contributed by atoms with Crippen LogP contribution in [0.15, 0.2) is 48.0 Å². The second-order valence-corrected chi connectivity index (χ2v) is 9.15. The maximum Gasteiger partial charge on any atom is 0.261 e. The minimum atomic E-state index is -0.445. The third kappa shape index (κ3) is 5.47. The van der Waals surface area contributed by atoms with Gasteiger partial charge in [0.1, 0.15) is 5.82 Å². The first kappa shape index (κ1) is 24.3. The number of methoxy groups -OCH3 is 1. The Labute approximate surface area is 205 Å². The number of carbonyl (C=O) groups is 2. The molecular weight excluding hydrogens is 471 g/mol. The normalized spacial score (nSPS) is 12.1. The number of halogens is 1. The average molecular weight is 497 g/mol. The zero-order valence-corrected chi connectivity index (χ0v) is 20.2. The maximum absolute atomic E-state index is 13.3. The monoisotopic (exact) mass is 496 g/mol. The van der Waals surface area contributed by atoms with E-state index in [1.165, 1.54) is 35.1 Å². The lowest BCUT2D eigenvalue weighted by atomic mass is 10.1. The van der Waals surface area contributed by atoms with E-state index in [4.69, 9.17) is 10.5 Å². The van der Waals surface area contributed by atoms with Crippen molar-refractivity contribution in [2.24, 2.45) is 0 Å². The van der Waals surface area contributed by atoms with Gasteiger partial charge in [0.15, 0.2) is 5.65 Å². The molecule has 35 heavy (non-hydrogen) atoms. The zero-order valence-electron chi connectivity index (χ0n) is 19.4. The maximum atomic E-state index is 13.3. The van der Waals surface area contributed by atoms with Crippen LogP contribution in [0.5, 0.6) is 0 Å². The molecule has 0 unspecified atom stereocenters. The lowest BCUT2D eigenvalue weighted by Gasteiger charge is -2.18. The van der Waals surface area contributed by atoms with Crippen molar-refractivity contribution in [3.05, 3.63) is 69.8 Å². The molecular formula is C24H25FN6O3S. The van der Waals surface area contributed by atoms with Gasteiger partial charge in [0.2, 0.25) is 5.95 Å². The van der Waals surface area contributed by atoms with Crippen molar-refractivity contribution in [3.63, 3.8) is 0 Å². The number of aromatic nitrogens is 3. The minimum absolute atomic E-state index is 0.0520. The number of nitrogens with zero attached hydrogens (tertiary/aromatic N) is 3. The Morgan fingerprint density at radius 2 is 1.89 bits per heavy atom. The van der Waals surface area contributed by atoms with E-state index >= 15 is 0 Å². The van der Waals surface area contributed by atoms with E-state index in [1.807, 2.05) is 19.2 Å². The predicted molar refractivity (Wildman–Crippen MR) is 132 cm³/mol. The molecule has 0 spiro atoms. The number of ether oxygens (including phenoxy) is 1. The van der Waals surface area contributed by atoms with Gasteiger partial charge < -0.3 is 21.1 Å². The predicted octanol–water partition coefficient (Wildman–Crippen LogP) is 3.43. The van der Waals surface area contributed by atoms with Gasteiger partial charge in [0.25, 0.3) is 11.8 Å². The highest BCUT2D eigenvalue weighted by atomic mass is 32.1. The number of thiophene rings is 1. The molecule has 0 aliphatic carbocycles. The van der Waals surface area contributed by atoms with Gasteiger partial charge in [0.05, 0.1) is 23.1 Å². The van der Waals surface area contributed by atoms with Crippen LogP contribution in [0.4, 0.5) is 10.3 Å². The molecule has 3 aromatic heterocycles. The fourth-order valence-corrected chi connectivity index (χ4v) is 4.41. The molecule has 0 bridgehead atoms. The largest absolute Gasteiger partial charge is 0.382 e. The number of nitrogens with two attached hydrogens (primary N) is 1. The SMILES string of the molecule is COC[C@H](NC(=O)c1cc(-c2cc(C(=O)NC(C)C)c3nc(N)nn3c2)cs1)c1ccc(F)cc1. The zero-order chi connectivity index (χ0) is 25.1. The standard InChI is InChI=1S/C24H25FN6O3S/c1-13(2)27-22(32)18-8-15(10-31-21(18)29-24(26)30-31)16-9-20(35-12-16)23(33)28-19(11-34-3)14-4-6-17(25)7-5-14/h4-10,12-13,19H,11H2,1-3H3,(H2,26,30)(H,27,32)(H,28,33)/t19-/m0/s1. The van der Waals surface area contributed by atoms with Crippen molar-refractivity contribution in [3.8, 4) is 11.1 Å². The van der Waals surface area contributed by atoms with Gasteiger partial charge in [-0.25, -0.2) is 8.91 Å². The molecule has 0 aliphatic heterocycles. The van der Waals surface area contributed by atoms with Crippen molar-refractivity contribution in [2.75, 3.05) is 19.5 Å². The molecule has 1 atom stereocenters. The summed E-state index contributed by atoms with van der Waals surface area (Å²) in [5.41, 5.74) is 8.58. The van der Waals surface area contributed by atoms with Gasteiger partial charge in [-0.1, -0.05) is 12.1 Å². The first-order chi connectivity index (χ1) is 16.7. The highest BCUT2D eigenvalue weighted by molar-refractivity contribution is 7.12. The molecule has 4 N–H and O–H groups in total. The van der Waals surface area contributed by atoms with Crippen molar-refractivity contribution in [1.82, 2.24) is 25.2 Å². The molecule has 0 fully saturated rings. The van der Waals surface area contributed by atoms with Gasteiger partial charge in [-0.05, 0) is 54.6 Å². The summed E-state index contributed by atoms with van der Waals surface area (Å²) in [6, 6.07) is 8.84. The number of pyridine rings is 1. The van der Waals surface area contributed by atoms with Crippen LogP contribution in [0.3, 0.4) is 0 Å². The summed E-state index contributed by atoms with van der Waals surface area (Å²) < 4.78 is 20.0. The average Bonchev–Trinajstić information content (AvgIpc) is 3.44. The van der Waals surface area contributed by atoms with Crippen molar-refractivity contribution < 1.29 is 18.7 Å². The van der Waals surface area contributed by atoms with E-state index in [9.17, 15) is 14.0 Å². The minimum Gasteiger partial charge on any atom is -0.382 e. The molecule has 1 aromatic carbocycles. The van der Waals surface area contributed by atoms with E-state index in [0.29, 0.717) is 21.7 Å². The topological polar surface area (TPSA) is 124 Å². The number of carbonyl (C=O) groups excluding carboxylic acids is 2. The summed E-state index contributed by atoms with van der Waals surface area (Å²) in [6.45, 7) is 3.96. The molecule has 3 heterocycles. The summed E-state index contributed by atoms with van der Waals surface area (Å²) >= 11 is 1.26. The lowest BCUT2D eigenvalue weighted by Crippen LogP contribution is -2.30. The number of amides is 2. The van der Waals surface area contributed by atoms with E-state index in [2.05, 4.69) is 20.7 Å². The van der Waals surface area contributed by atoms with E-state index in [0.717, 1.165) is 11.1 Å². The van der Waals surface area contributed by atoms with Crippen LogP contribution in [0.25, 0.3) is 16.8 Å². The molecule has 4 rings (SSSR count). The Morgan fingerprint density at radius 3 is 2.57 bits per heavy atom. The number of hydrogen-bond donors (Lipinski definition) is 3. The summed E-state index contributed by atoms with van der Waals surface area (Å²) in [5.74, 6) is -0.895. The third-order valence-corrected chi connectivity index (χ3v) is 6.11. The molecule has 182 valence electrons. The first-order valence-electron chi connectivity index (χ1n) is 10.9. The Morgan fingerprint density at radius 1 is 1.14 bits per heavy atom. The van der Waals surface area contributed by atoms with Crippen LogP contribution >= 0.6 is 11.3 Å². The quantitative estimate of drug-likeness (QED) is 0.343. The molecule has 9 nitrogen and oxygen atoms in total. The van der Waals surface area contributed by atoms with Gasteiger partial charge in [-0.2, -0.15) is 4.98 Å². The number of nitrogen functional groups attached to an aromatic ring is 1. The summed E-state index contributed by atoms with van der Waals surface area (Å²) in [6.07, 6.45) is 1.71.